The topological polar surface area (TPSA) is 39.4 Å². The number of para-hydroxylation sites is 1. The minimum Gasteiger partial charge on any atom is -0.496 e. The van der Waals surface area contributed by atoms with Crippen LogP contribution in [-0.4, -0.2) is 23.1 Å². The monoisotopic (exact) mass is 383 g/mol. The van der Waals surface area contributed by atoms with Crippen molar-refractivity contribution >= 4 is 27.8 Å². The van der Waals surface area contributed by atoms with E-state index in [1.807, 2.05) is 73.3 Å². The molecule has 3 rings (SSSR count). The van der Waals surface area contributed by atoms with E-state index in [9.17, 15) is 0 Å². The highest BCUT2D eigenvalue weighted by Crippen LogP contribution is 2.27. The second-order valence-electron chi connectivity index (χ2n) is 5.41. The molecule has 0 unspecified atom stereocenters. The summed E-state index contributed by atoms with van der Waals surface area (Å²) in [5.41, 5.74) is 4.71. The molecule has 0 amide bonds. The van der Waals surface area contributed by atoms with Gasteiger partial charge in [-0.3, -0.25) is 4.99 Å². The van der Waals surface area contributed by atoms with Crippen molar-refractivity contribution in [3.63, 3.8) is 0 Å². The van der Waals surface area contributed by atoms with Gasteiger partial charge in [-0.1, -0.05) is 34.1 Å². The Bertz CT molecular complexity index is 885. The van der Waals surface area contributed by atoms with Gasteiger partial charge >= 0.3 is 0 Å². The van der Waals surface area contributed by atoms with E-state index in [-0.39, 0.29) is 0 Å². The largest absolute Gasteiger partial charge is 0.496 e. The molecule has 0 aliphatic carbocycles. The second-order valence-corrected chi connectivity index (χ2v) is 6.33. The summed E-state index contributed by atoms with van der Waals surface area (Å²) in [7, 11) is 1.66. The molecule has 0 fully saturated rings. The number of methoxy groups -OCH3 is 1. The molecular weight excluding hydrogens is 366 g/mol. The summed E-state index contributed by atoms with van der Waals surface area (Å²) >= 11 is 3.48. The Labute approximate surface area is 149 Å². The van der Waals surface area contributed by atoms with Crippen molar-refractivity contribution in [3.8, 4) is 11.4 Å². The van der Waals surface area contributed by atoms with Crippen LogP contribution in [0.2, 0.25) is 0 Å². The van der Waals surface area contributed by atoms with E-state index in [0.29, 0.717) is 0 Å². The van der Waals surface area contributed by atoms with E-state index in [1.165, 1.54) is 0 Å². The van der Waals surface area contributed by atoms with Gasteiger partial charge in [-0.25, -0.2) is 4.68 Å². The maximum absolute atomic E-state index is 5.39. The molecule has 2 aromatic carbocycles. The standard InChI is InChI=1S/C19H18BrN3O/c1-13-19(14(2)23(22-13)17-7-5-4-6-8-17)21-12-15-11-16(20)9-10-18(15)24-3/h4-12H,1-3H3. The molecule has 5 heteroatoms. The first-order valence-electron chi connectivity index (χ1n) is 7.59. The summed E-state index contributed by atoms with van der Waals surface area (Å²) in [6.45, 7) is 4.00. The maximum Gasteiger partial charge on any atom is 0.127 e. The Balaban J connectivity index is 2.00. The summed E-state index contributed by atoms with van der Waals surface area (Å²) in [5, 5.41) is 4.62. The molecule has 24 heavy (non-hydrogen) atoms. The van der Waals surface area contributed by atoms with Crippen LogP contribution in [0.25, 0.3) is 5.69 Å². The van der Waals surface area contributed by atoms with E-state index >= 15 is 0 Å². The van der Waals surface area contributed by atoms with Gasteiger partial charge in [-0.05, 0) is 44.2 Å². The second kappa shape index (κ2) is 7.01. The number of rotatable bonds is 4. The molecule has 0 radical (unpaired) electrons. The van der Waals surface area contributed by atoms with Gasteiger partial charge in [-0.2, -0.15) is 5.10 Å². The Morgan fingerprint density at radius 3 is 2.58 bits per heavy atom. The lowest BCUT2D eigenvalue weighted by molar-refractivity contribution is 0.414. The highest BCUT2D eigenvalue weighted by molar-refractivity contribution is 9.10. The number of aromatic nitrogens is 2. The SMILES string of the molecule is COc1ccc(Br)cc1C=Nc1c(C)nn(-c2ccccc2)c1C. The molecule has 122 valence electrons. The first-order chi connectivity index (χ1) is 11.6. The molecule has 0 bridgehead atoms. The summed E-state index contributed by atoms with van der Waals surface area (Å²) in [4.78, 5) is 4.66. The third-order valence-corrected chi connectivity index (χ3v) is 4.27. The average molecular weight is 384 g/mol. The molecule has 0 N–H and O–H groups in total. The number of halogens is 1. The Kier molecular flexibility index (Phi) is 4.81. The van der Waals surface area contributed by atoms with E-state index in [2.05, 4.69) is 26.0 Å². The van der Waals surface area contributed by atoms with Crippen LogP contribution in [0.3, 0.4) is 0 Å². The summed E-state index contributed by atoms with van der Waals surface area (Å²) < 4.78 is 8.29. The summed E-state index contributed by atoms with van der Waals surface area (Å²) in [5.74, 6) is 0.785. The molecule has 4 nitrogen and oxygen atoms in total. The molecule has 0 saturated carbocycles. The Morgan fingerprint density at radius 1 is 1.12 bits per heavy atom. The van der Waals surface area contributed by atoms with Gasteiger partial charge in [0.1, 0.15) is 11.4 Å². The van der Waals surface area contributed by atoms with Gasteiger partial charge in [0.05, 0.1) is 24.2 Å². The number of hydrogen-bond acceptors (Lipinski definition) is 3. The Morgan fingerprint density at radius 2 is 1.88 bits per heavy atom. The van der Waals surface area contributed by atoms with Crippen molar-refractivity contribution in [2.75, 3.05) is 7.11 Å². The van der Waals surface area contributed by atoms with Gasteiger partial charge in [-0.15, -0.1) is 0 Å². The van der Waals surface area contributed by atoms with Gasteiger partial charge in [0, 0.05) is 16.3 Å². The van der Waals surface area contributed by atoms with Crippen LogP contribution in [0, 0.1) is 13.8 Å². The van der Waals surface area contributed by atoms with Crippen LogP contribution in [0.5, 0.6) is 5.75 Å². The van der Waals surface area contributed by atoms with E-state index in [4.69, 9.17) is 4.74 Å². The number of ether oxygens (including phenoxy) is 1. The number of nitrogens with zero attached hydrogens (tertiary/aromatic N) is 3. The van der Waals surface area contributed by atoms with Crippen molar-refractivity contribution in [2.24, 2.45) is 4.99 Å². The molecule has 3 aromatic rings. The first kappa shape index (κ1) is 16.5. The van der Waals surface area contributed by atoms with Crippen LogP contribution >= 0.6 is 15.9 Å². The molecule has 1 aromatic heterocycles. The molecule has 1 heterocycles. The van der Waals surface area contributed by atoms with E-state index < -0.39 is 0 Å². The molecule has 0 aliphatic rings. The molecule has 0 saturated heterocycles. The van der Waals surface area contributed by atoms with E-state index in [0.717, 1.165) is 38.5 Å². The average Bonchev–Trinajstić information content (AvgIpc) is 2.88. The van der Waals surface area contributed by atoms with Crippen LogP contribution in [0.1, 0.15) is 17.0 Å². The van der Waals surface area contributed by atoms with Gasteiger partial charge < -0.3 is 4.74 Å². The van der Waals surface area contributed by atoms with E-state index in [1.54, 1.807) is 7.11 Å². The highest BCUT2D eigenvalue weighted by Gasteiger charge is 2.12. The third kappa shape index (κ3) is 3.26. The zero-order chi connectivity index (χ0) is 17.1. The normalized spacial score (nSPS) is 11.2. The predicted molar refractivity (Wildman–Crippen MR) is 101 cm³/mol. The Hall–Kier alpha value is -2.40. The van der Waals surface area contributed by atoms with Crippen molar-refractivity contribution in [1.82, 2.24) is 9.78 Å². The van der Waals surface area contributed by atoms with Crippen molar-refractivity contribution in [3.05, 3.63) is 70.0 Å². The van der Waals surface area contributed by atoms with Crippen LogP contribution in [0.4, 0.5) is 5.69 Å². The minimum absolute atomic E-state index is 0.785. The minimum atomic E-state index is 0.785. The lowest BCUT2D eigenvalue weighted by atomic mass is 10.2. The molecule has 0 spiro atoms. The van der Waals surface area contributed by atoms with Gasteiger partial charge in [0.15, 0.2) is 0 Å². The first-order valence-corrected chi connectivity index (χ1v) is 8.38. The molecular formula is C19H18BrN3O. The lowest BCUT2D eigenvalue weighted by Crippen LogP contribution is -1.98. The predicted octanol–water partition coefficient (Wildman–Crippen LogP) is 5.01. The smallest absolute Gasteiger partial charge is 0.127 e. The molecule has 0 atom stereocenters. The fraction of sp³-hybridized carbons (Fsp3) is 0.158. The number of hydrogen-bond donors (Lipinski definition) is 0. The highest BCUT2D eigenvalue weighted by atomic mass is 79.9. The fourth-order valence-corrected chi connectivity index (χ4v) is 2.96. The van der Waals surface area contributed by atoms with Crippen molar-refractivity contribution in [2.45, 2.75) is 13.8 Å². The zero-order valence-electron chi connectivity index (χ0n) is 13.8. The number of benzene rings is 2. The van der Waals surface area contributed by atoms with Crippen molar-refractivity contribution < 1.29 is 4.74 Å². The van der Waals surface area contributed by atoms with Crippen LogP contribution in [0.15, 0.2) is 58.0 Å². The summed E-state index contributed by atoms with van der Waals surface area (Å²) in [6.07, 6.45) is 1.82. The maximum atomic E-state index is 5.39. The van der Waals surface area contributed by atoms with Crippen molar-refractivity contribution in [1.29, 1.82) is 0 Å². The quantitative estimate of drug-likeness (QED) is 0.593. The van der Waals surface area contributed by atoms with Gasteiger partial charge in [0.2, 0.25) is 0 Å². The molecule has 0 aliphatic heterocycles. The fourth-order valence-electron chi connectivity index (χ4n) is 2.58. The van der Waals surface area contributed by atoms with Crippen LogP contribution in [-0.2, 0) is 0 Å². The third-order valence-electron chi connectivity index (χ3n) is 3.78. The zero-order valence-corrected chi connectivity index (χ0v) is 15.4. The number of aliphatic imine (C=N–C) groups is 1. The number of aryl methyl sites for hydroxylation is 1. The van der Waals surface area contributed by atoms with Crippen LogP contribution < -0.4 is 4.74 Å². The summed E-state index contributed by atoms with van der Waals surface area (Å²) in [6, 6.07) is 15.9. The van der Waals surface area contributed by atoms with Gasteiger partial charge in [0.25, 0.3) is 0 Å². The lowest BCUT2D eigenvalue weighted by Gasteiger charge is -2.05.